The fraction of sp³-hybridized carbons (Fsp3) is 0.346. The van der Waals surface area contributed by atoms with Crippen LogP contribution in [0.15, 0.2) is 42.6 Å². The number of aliphatic hydroxyl groups excluding tert-OH is 1. The van der Waals surface area contributed by atoms with Gasteiger partial charge >= 0.3 is 6.03 Å². The maximum atomic E-state index is 13.1. The summed E-state index contributed by atoms with van der Waals surface area (Å²) in [5.41, 5.74) is 4.22. The minimum absolute atomic E-state index is 0.00943. The Balaban J connectivity index is 1.44. The molecule has 0 bridgehead atoms. The molecule has 5 rings (SSSR count). The maximum Gasteiger partial charge on any atom is 0.326 e. The Morgan fingerprint density at radius 1 is 1.23 bits per heavy atom. The molecule has 2 amide bonds. The van der Waals surface area contributed by atoms with Crippen molar-refractivity contribution in [2.45, 2.75) is 45.7 Å². The number of nitrogens with zero attached hydrogens (tertiary/aromatic N) is 3. The second-order valence-electron chi connectivity index (χ2n) is 9.28. The molecule has 4 aromatic rings. The van der Waals surface area contributed by atoms with Crippen LogP contribution < -0.4 is 10.6 Å². The van der Waals surface area contributed by atoms with Crippen molar-refractivity contribution < 1.29 is 14.7 Å². The summed E-state index contributed by atoms with van der Waals surface area (Å²) in [6, 6.07) is 11.4. The number of aromatic nitrogens is 2. The lowest BCUT2D eigenvalue weighted by Crippen LogP contribution is -2.37. The molecule has 3 aromatic heterocycles. The van der Waals surface area contributed by atoms with Gasteiger partial charge in [-0.05, 0) is 70.0 Å². The molecule has 8 nitrogen and oxygen atoms in total. The van der Waals surface area contributed by atoms with Gasteiger partial charge in [-0.25, -0.2) is 4.79 Å². The van der Waals surface area contributed by atoms with Crippen molar-refractivity contribution in [3.8, 4) is 0 Å². The number of rotatable bonds is 5. The summed E-state index contributed by atoms with van der Waals surface area (Å²) in [7, 11) is 0. The Hall–Kier alpha value is -3.43. The number of hydrogen-bond donors (Lipinski definition) is 3. The van der Waals surface area contributed by atoms with E-state index < -0.39 is 0 Å². The Morgan fingerprint density at radius 3 is 2.83 bits per heavy atom. The van der Waals surface area contributed by atoms with E-state index in [0.717, 1.165) is 51.0 Å². The van der Waals surface area contributed by atoms with Crippen LogP contribution in [0.1, 0.15) is 42.1 Å². The van der Waals surface area contributed by atoms with Gasteiger partial charge in [-0.15, -0.1) is 11.3 Å². The van der Waals surface area contributed by atoms with E-state index in [-0.39, 0.29) is 30.6 Å². The summed E-state index contributed by atoms with van der Waals surface area (Å²) < 4.78 is 2.60. The topological polar surface area (TPSA) is 99.5 Å². The number of carbonyl (C=O) groups excluding carboxylic acids is 2. The average Bonchev–Trinajstić information content (AvgIpc) is 3.54. The fourth-order valence-electron chi connectivity index (χ4n) is 4.74. The number of likely N-dealkylation sites (tertiary alicyclic amines) is 1. The molecule has 1 atom stereocenters. The highest BCUT2D eigenvalue weighted by Crippen LogP contribution is 2.35. The van der Waals surface area contributed by atoms with Gasteiger partial charge in [-0.1, -0.05) is 0 Å². The molecule has 1 unspecified atom stereocenters. The number of thiophene rings is 1. The van der Waals surface area contributed by atoms with Gasteiger partial charge in [-0.2, -0.15) is 0 Å². The van der Waals surface area contributed by atoms with Crippen molar-refractivity contribution in [3.63, 3.8) is 0 Å². The predicted molar refractivity (Wildman–Crippen MR) is 140 cm³/mol. The number of anilines is 2. The highest BCUT2D eigenvalue weighted by atomic mass is 32.1. The zero-order chi connectivity index (χ0) is 24.7. The number of hydrogen-bond acceptors (Lipinski definition) is 6. The van der Waals surface area contributed by atoms with Crippen molar-refractivity contribution in [2.24, 2.45) is 0 Å². The summed E-state index contributed by atoms with van der Waals surface area (Å²) in [5, 5.41) is 17.0. The van der Waals surface area contributed by atoms with E-state index in [1.807, 2.05) is 57.2 Å². The third-order valence-electron chi connectivity index (χ3n) is 6.35. The van der Waals surface area contributed by atoms with Crippen LogP contribution in [0.2, 0.25) is 0 Å². The van der Waals surface area contributed by atoms with Crippen LogP contribution in [-0.4, -0.2) is 56.7 Å². The van der Waals surface area contributed by atoms with E-state index >= 15 is 0 Å². The van der Waals surface area contributed by atoms with E-state index in [4.69, 9.17) is 0 Å². The van der Waals surface area contributed by atoms with Crippen LogP contribution in [0.5, 0.6) is 0 Å². The highest BCUT2D eigenvalue weighted by Gasteiger charge is 2.30. The van der Waals surface area contributed by atoms with Crippen LogP contribution in [0.3, 0.4) is 0 Å². The van der Waals surface area contributed by atoms with E-state index in [1.54, 1.807) is 15.7 Å². The predicted octanol–water partition coefficient (Wildman–Crippen LogP) is 4.87. The lowest BCUT2D eigenvalue weighted by Gasteiger charge is -2.22. The number of benzene rings is 1. The second-order valence-corrected chi connectivity index (χ2v) is 10.3. The quantitative estimate of drug-likeness (QED) is 0.370. The number of pyridine rings is 1. The van der Waals surface area contributed by atoms with Crippen LogP contribution >= 0.6 is 11.3 Å². The number of fused-ring (bicyclic) bond motifs is 2. The third-order valence-corrected chi connectivity index (χ3v) is 7.50. The van der Waals surface area contributed by atoms with Crippen LogP contribution in [0.4, 0.5) is 16.2 Å². The average molecular weight is 492 g/mol. The smallest absolute Gasteiger partial charge is 0.326 e. The molecule has 1 fully saturated rings. The van der Waals surface area contributed by atoms with Gasteiger partial charge < -0.3 is 20.6 Å². The largest absolute Gasteiger partial charge is 0.394 e. The number of carbonyl (C=O) groups is 2. The Bertz CT molecular complexity index is 1420. The molecule has 0 saturated carbocycles. The standard InChI is InChI=1S/C26H29N5O3S/c1-15(2)28-26(34)31-16(3)11-17-12-18(6-7-22(17)31)29-20-8-9-27-21-13-23(35-24(20)21)25(33)30-10-4-5-19(30)14-32/h6-9,11-13,15,19,32H,4-5,10,14H2,1-3H3,(H,27,29)(H,28,34). The lowest BCUT2D eigenvalue weighted by atomic mass is 10.2. The van der Waals surface area contributed by atoms with Crippen molar-refractivity contribution >= 4 is 55.8 Å². The zero-order valence-electron chi connectivity index (χ0n) is 20.0. The van der Waals surface area contributed by atoms with Gasteiger partial charge in [0.2, 0.25) is 0 Å². The molecule has 3 N–H and O–H groups in total. The summed E-state index contributed by atoms with van der Waals surface area (Å²) >= 11 is 1.42. The summed E-state index contributed by atoms with van der Waals surface area (Å²) in [4.78, 5) is 32.6. The number of aryl methyl sites for hydroxylation is 1. The summed E-state index contributed by atoms with van der Waals surface area (Å²) in [5.74, 6) is -0.0478. The van der Waals surface area contributed by atoms with Gasteiger partial charge in [0, 0.05) is 35.6 Å². The molecule has 0 aliphatic carbocycles. The van der Waals surface area contributed by atoms with Crippen molar-refractivity contribution in [2.75, 3.05) is 18.5 Å². The zero-order valence-corrected chi connectivity index (χ0v) is 20.9. The first-order valence-electron chi connectivity index (χ1n) is 11.9. The van der Waals surface area contributed by atoms with E-state index in [9.17, 15) is 14.7 Å². The van der Waals surface area contributed by atoms with E-state index in [0.29, 0.717) is 11.4 Å². The summed E-state index contributed by atoms with van der Waals surface area (Å²) in [6.45, 7) is 6.47. The Morgan fingerprint density at radius 2 is 2.06 bits per heavy atom. The molecular weight excluding hydrogens is 462 g/mol. The fourth-order valence-corrected chi connectivity index (χ4v) is 5.78. The SMILES string of the molecule is Cc1cc2cc(Nc3ccnc4cc(C(=O)N5CCCC5CO)sc34)ccc2n1C(=O)NC(C)C. The molecule has 0 spiro atoms. The molecule has 9 heteroatoms. The number of nitrogens with one attached hydrogen (secondary N) is 2. The lowest BCUT2D eigenvalue weighted by molar-refractivity contribution is 0.0682. The van der Waals surface area contributed by atoms with Crippen molar-refractivity contribution in [1.82, 2.24) is 19.8 Å². The molecule has 182 valence electrons. The van der Waals surface area contributed by atoms with Gasteiger partial charge in [0.15, 0.2) is 0 Å². The van der Waals surface area contributed by atoms with Crippen LogP contribution in [0, 0.1) is 6.92 Å². The highest BCUT2D eigenvalue weighted by molar-refractivity contribution is 7.21. The van der Waals surface area contributed by atoms with Crippen LogP contribution in [0.25, 0.3) is 21.1 Å². The number of amides is 2. The first-order valence-corrected chi connectivity index (χ1v) is 12.7. The summed E-state index contributed by atoms with van der Waals surface area (Å²) in [6.07, 6.45) is 3.48. The first kappa shape index (κ1) is 23.3. The molecule has 1 saturated heterocycles. The number of aliphatic hydroxyl groups is 1. The molecule has 35 heavy (non-hydrogen) atoms. The maximum absolute atomic E-state index is 13.1. The molecule has 1 aliphatic rings. The van der Waals surface area contributed by atoms with Gasteiger partial charge in [0.05, 0.1) is 38.9 Å². The molecule has 0 radical (unpaired) electrons. The normalized spacial score (nSPS) is 15.9. The monoisotopic (exact) mass is 491 g/mol. The Labute approximate surface area is 207 Å². The molecule has 1 aliphatic heterocycles. The minimum atomic E-state index is -0.138. The van der Waals surface area contributed by atoms with Crippen molar-refractivity contribution in [3.05, 3.63) is 53.2 Å². The third kappa shape index (κ3) is 4.37. The van der Waals surface area contributed by atoms with Crippen molar-refractivity contribution in [1.29, 1.82) is 0 Å². The Kier molecular flexibility index (Phi) is 6.21. The molecule has 1 aromatic carbocycles. The van der Waals surface area contributed by atoms with E-state index in [1.165, 1.54) is 11.3 Å². The van der Waals surface area contributed by atoms with Gasteiger partial charge in [-0.3, -0.25) is 14.3 Å². The van der Waals surface area contributed by atoms with Gasteiger partial charge in [0.1, 0.15) is 0 Å². The first-order chi connectivity index (χ1) is 16.9. The van der Waals surface area contributed by atoms with E-state index in [2.05, 4.69) is 15.6 Å². The van der Waals surface area contributed by atoms with Crippen LogP contribution in [-0.2, 0) is 0 Å². The molecule has 4 heterocycles. The van der Waals surface area contributed by atoms with Gasteiger partial charge in [0.25, 0.3) is 5.91 Å². The molecular formula is C26H29N5O3S. The second kappa shape index (κ2) is 9.31. The minimum Gasteiger partial charge on any atom is -0.394 e.